The van der Waals surface area contributed by atoms with Crippen LogP contribution in [0.4, 0.5) is 0 Å². The van der Waals surface area contributed by atoms with Crippen LogP contribution in [0.2, 0.25) is 0 Å². The molecule has 5 aromatic carbocycles. The third-order valence-corrected chi connectivity index (χ3v) is 9.12. The zero-order chi connectivity index (χ0) is 27.2. The summed E-state index contributed by atoms with van der Waals surface area (Å²) in [6.07, 6.45) is 0. The van der Waals surface area contributed by atoms with Crippen molar-refractivity contribution in [2.45, 2.75) is 38.9 Å². The van der Waals surface area contributed by atoms with Gasteiger partial charge in [-0.15, -0.1) is 0 Å². The number of benzene rings is 5. The maximum Gasteiger partial charge on any atom is 0.498 e. The number of hydrogen-bond acceptors (Lipinski definition) is 3. The van der Waals surface area contributed by atoms with Crippen LogP contribution < -0.4 is 5.46 Å². The predicted octanol–water partition coefficient (Wildman–Crippen LogP) is 8.87. The summed E-state index contributed by atoms with van der Waals surface area (Å²) in [7, 11) is -0.494. The highest BCUT2D eigenvalue weighted by molar-refractivity contribution is 6.65. The summed E-state index contributed by atoms with van der Waals surface area (Å²) in [6.45, 7) is 8.33. The summed E-state index contributed by atoms with van der Waals surface area (Å²) in [5, 5.41) is 2.16. The quantitative estimate of drug-likeness (QED) is 0.203. The molecule has 1 fully saturated rings. The Balaban J connectivity index is 1.43. The van der Waals surface area contributed by atoms with Crippen LogP contribution in [0.15, 0.2) is 108 Å². The first-order valence-corrected chi connectivity index (χ1v) is 14.0. The first kappa shape index (κ1) is 23.7. The van der Waals surface area contributed by atoms with Gasteiger partial charge < -0.3 is 13.7 Å². The van der Waals surface area contributed by atoms with Gasteiger partial charge in [-0.1, -0.05) is 91.0 Å². The van der Waals surface area contributed by atoms with E-state index in [1.54, 1.807) is 0 Å². The van der Waals surface area contributed by atoms with Crippen LogP contribution in [0.5, 0.6) is 0 Å². The first-order valence-electron chi connectivity index (χ1n) is 14.0. The van der Waals surface area contributed by atoms with E-state index in [0.717, 1.165) is 27.4 Å². The Labute approximate surface area is 234 Å². The van der Waals surface area contributed by atoms with Gasteiger partial charge in [-0.25, -0.2) is 0 Å². The molecule has 4 heteroatoms. The second-order valence-electron chi connectivity index (χ2n) is 11.9. The van der Waals surface area contributed by atoms with Gasteiger partial charge in [-0.05, 0) is 84.3 Å². The second kappa shape index (κ2) is 8.20. The van der Waals surface area contributed by atoms with Gasteiger partial charge in [0.1, 0.15) is 11.2 Å². The van der Waals surface area contributed by atoms with Gasteiger partial charge in [0.25, 0.3) is 0 Å². The molecule has 8 rings (SSSR count). The zero-order valence-electron chi connectivity index (χ0n) is 23.1. The Bertz CT molecular complexity index is 1960. The molecule has 1 aliphatic carbocycles. The van der Waals surface area contributed by atoms with Crippen molar-refractivity contribution in [2.75, 3.05) is 0 Å². The maximum absolute atomic E-state index is 6.68. The van der Waals surface area contributed by atoms with Crippen molar-refractivity contribution in [2.24, 2.45) is 0 Å². The molecule has 0 radical (unpaired) electrons. The lowest BCUT2D eigenvalue weighted by Gasteiger charge is -2.32. The monoisotopic (exact) mass is 520 g/mol. The van der Waals surface area contributed by atoms with Crippen LogP contribution >= 0.6 is 0 Å². The molecule has 1 aromatic heterocycles. The van der Waals surface area contributed by atoms with E-state index in [1.807, 2.05) is 0 Å². The van der Waals surface area contributed by atoms with Gasteiger partial charge in [0.15, 0.2) is 0 Å². The predicted molar refractivity (Wildman–Crippen MR) is 165 cm³/mol. The number of furan rings is 1. The number of para-hydroxylation sites is 1. The fourth-order valence-electron chi connectivity index (χ4n) is 6.33. The van der Waals surface area contributed by atoms with Crippen LogP contribution in [-0.4, -0.2) is 18.3 Å². The van der Waals surface area contributed by atoms with Crippen LogP contribution in [0.1, 0.15) is 27.7 Å². The van der Waals surface area contributed by atoms with Crippen LogP contribution in [-0.2, 0) is 9.31 Å². The molecule has 0 amide bonds. The Kier molecular flexibility index (Phi) is 4.87. The second-order valence-corrected chi connectivity index (χ2v) is 11.9. The molecule has 2 heterocycles. The standard InChI is InChI=1S/C36H29BO3/c1-35(2)36(3,4)40-37(39-35)32-19-11-18-28-31-20-29-26-16-9-7-14-24(26)22-12-5-6-13-23(22)25-15-8-10-17-27(25)30(29)21-33(31)38-34(28)32/h5-21H,1-4H3. The smallest absolute Gasteiger partial charge is 0.456 e. The molecule has 40 heavy (non-hydrogen) atoms. The minimum Gasteiger partial charge on any atom is -0.456 e. The molecule has 1 aliphatic heterocycles. The van der Waals surface area contributed by atoms with Crippen molar-refractivity contribution >= 4 is 34.5 Å². The molecule has 0 N–H and O–H groups in total. The normalized spacial score (nSPS) is 16.6. The summed E-state index contributed by atoms with van der Waals surface area (Å²) in [5.41, 5.74) is 11.5. The van der Waals surface area contributed by atoms with Gasteiger partial charge in [0.05, 0.1) is 11.2 Å². The molecular weight excluding hydrogens is 491 g/mol. The SMILES string of the molecule is CC1(C)OB(c2cccc3c2oc2cc4c(cc23)-c2ccccc2-c2ccccc2-c2ccccc2-4)OC1(C)C. The van der Waals surface area contributed by atoms with Crippen LogP contribution in [0.3, 0.4) is 0 Å². The molecule has 0 bridgehead atoms. The fraction of sp³-hybridized carbons (Fsp3) is 0.167. The number of fused-ring (bicyclic) bond motifs is 11. The van der Waals surface area contributed by atoms with E-state index in [4.69, 9.17) is 13.7 Å². The Morgan fingerprint density at radius 3 is 1.43 bits per heavy atom. The van der Waals surface area contributed by atoms with E-state index in [-0.39, 0.29) is 0 Å². The minimum atomic E-state index is -0.494. The lowest BCUT2D eigenvalue weighted by molar-refractivity contribution is 0.00578. The Morgan fingerprint density at radius 2 is 0.925 bits per heavy atom. The topological polar surface area (TPSA) is 31.6 Å². The van der Waals surface area contributed by atoms with Gasteiger partial charge >= 0.3 is 7.12 Å². The van der Waals surface area contributed by atoms with E-state index in [9.17, 15) is 0 Å². The number of hydrogen-bond donors (Lipinski definition) is 0. The van der Waals surface area contributed by atoms with Crippen molar-refractivity contribution in [3.8, 4) is 44.5 Å². The van der Waals surface area contributed by atoms with Gasteiger partial charge in [0, 0.05) is 16.2 Å². The summed E-state index contributed by atoms with van der Waals surface area (Å²) < 4.78 is 19.6. The molecule has 0 spiro atoms. The van der Waals surface area contributed by atoms with E-state index in [0.29, 0.717) is 0 Å². The highest BCUT2D eigenvalue weighted by Crippen LogP contribution is 2.49. The molecule has 6 aromatic rings. The maximum atomic E-state index is 6.68. The fourth-order valence-corrected chi connectivity index (χ4v) is 6.33. The van der Waals surface area contributed by atoms with Gasteiger partial charge in [-0.3, -0.25) is 0 Å². The lowest BCUT2D eigenvalue weighted by atomic mass is 9.78. The minimum absolute atomic E-state index is 0.427. The Morgan fingerprint density at radius 1 is 0.475 bits per heavy atom. The third-order valence-electron chi connectivity index (χ3n) is 9.12. The molecular formula is C36H29BO3. The largest absolute Gasteiger partial charge is 0.498 e. The average molecular weight is 520 g/mol. The summed E-state index contributed by atoms with van der Waals surface area (Å²) in [6, 6.07) is 37.0. The first-order chi connectivity index (χ1) is 19.3. The van der Waals surface area contributed by atoms with Crippen molar-refractivity contribution in [1.29, 1.82) is 0 Å². The lowest BCUT2D eigenvalue weighted by Crippen LogP contribution is -2.41. The van der Waals surface area contributed by atoms with E-state index < -0.39 is 18.3 Å². The summed E-state index contributed by atoms with van der Waals surface area (Å²) in [4.78, 5) is 0. The molecule has 0 atom stereocenters. The highest BCUT2D eigenvalue weighted by Gasteiger charge is 2.52. The molecule has 0 saturated carbocycles. The molecule has 1 saturated heterocycles. The molecule has 2 aliphatic rings. The van der Waals surface area contributed by atoms with E-state index in [1.165, 1.54) is 44.5 Å². The van der Waals surface area contributed by atoms with Crippen molar-refractivity contribution in [3.63, 3.8) is 0 Å². The van der Waals surface area contributed by atoms with Crippen LogP contribution in [0.25, 0.3) is 66.4 Å². The Hall–Kier alpha value is -4.12. The zero-order valence-corrected chi connectivity index (χ0v) is 23.1. The van der Waals surface area contributed by atoms with Crippen molar-refractivity contribution in [3.05, 3.63) is 103 Å². The molecule has 0 unspecified atom stereocenters. The average Bonchev–Trinajstić information content (AvgIpc) is 3.43. The molecule has 194 valence electrons. The summed E-state index contributed by atoms with van der Waals surface area (Å²) in [5.74, 6) is 0. The molecule has 3 nitrogen and oxygen atoms in total. The van der Waals surface area contributed by atoms with E-state index in [2.05, 4.69) is 131 Å². The van der Waals surface area contributed by atoms with Gasteiger partial charge in [0.2, 0.25) is 0 Å². The van der Waals surface area contributed by atoms with Gasteiger partial charge in [-0.2, -0.15) is 0 Å². The number of rotatable bonds is 1. The third kappa shape index (κ3) is 3.27. The summed E-state index contributed by atoms with van der Waals surface area (Å²) >= 11 is 0. The van der Waals surface area contributed by atoms with Crippen molar-refractivity contribution < 1.29 is 13.7 Å². The van der Waals surface area contributed by atoms with Crippen molar-refractivity contribution in [1.82, 2.24) is 0 Å². The van der Waals surface area contributed by atoms with Crippen LogP contribution in [0, 0.1) is 0 Å². The highest BCUT2D eigenvalue weighted by atomic mass is 16.7. The van der Waals surface area contributed by atoms with E-state index >= 15 is 0 Å².